The summed E-state index contributed by atoms with van der Waals surface area (Å²) in [6.07, 6.45) is 0. The third kappa shape index (κ3) is 4.18. The molecule has 0 N–H and O–H groups in total. The standard InChI is InChI=1S/C15H14ClF2NO2S/c1-2-19(9-10-7-8-13(16)22-10)14(20)11-5-3-4-6-12(11)21-15(17)18/h3-8,15H,2,9H2,1H3. The van der Waals surface area contributed by atoms with Crippen LogP contribution in [-0.4, -0.2) is 24.0 Å². The molecule has 0 aliphatic carbocycles. The van der Waals surface area contributed by atoms with E-state index in [2.05, 4.69) is 4.74 Å². The Kier molecular flexibility index (Phi) is 5.74. The molecule has 1 aromatic carbocycles. The van der Waals surface area contributed by atoms with Gasteiger partial charge in [0.15, 0.2) is 0 Å². The van der Waals surface area contributed by atoms with Gasteiger partial charge in [-0.15, -0.1) is 11.3 Å². The maximum Gasteiger partial charge on any atom is 0.387 e. The molecule has 0 spiro atoms. The van der Waals surface area contributed by atoms with Gasteiger partial charge in [-0.05, 0) is 31.2 Å². The van der Waals surface area contributed by atoms with Gasteiger partial charge in [-0.2, -0.15) is 8.78 Å². The molecule has 0 saturated heterocycles. The van der Waals surface area contributed by atoms with Gasteiger partial charge in [0.05, 0.1) is 16.4 Å². The van der Waals surface area contributed by atoms with Crippen LogP contribution in [0, 0.1) is 0 Å². The molecule has 0 saturated carbocycles. The summed E-state index contributed by atoms with van der Waals surface area (Å²) in [5, 5.41) is 0. The lowest BCUT2D eigenvalue weighted by molar-refractivity contribution is -0.0502. The molecule has 0 atom stereocenters. The van der Waals surface area contributed by atoms with Gasteiger partial charge in [0.2, 0.25) is 0 Å². The zero-order chi connectivity index (χ0) is 16.1. The van der Waals surface area contributed by atoms with E-state index in [-0.39, 0.29) is 17.2 Å². The Morgan fingerprint density at radius 2 is 2.05 bits per heavy atom. The third-order valence-corrected chi connectivity index (χ3v) is 4.19. The number of carbonyl (C=O) groups excluding carboxylic acids is 1. The van der Waals surface area contributed by atoms with Gasteiger partial charge in [0, 0.05) is 11.4 Å². The molecule has 2 aromatic rings. The van der Waals surface area contributed by atoms with Crippen molar-refractivity contribution in [1.29, 1.82) is 0 Å². The number of carbonyl (C=O) groups is 1. The number of thiophene rings is 1. The number of alkyl halides is 2. The van der Waals surface area contributed by atoms with Crippen LogP contribution < -0.4 is 4.74 Å². The second-order valence-electron chi connectivity index (χ2n) is 4.40. The van der Waals surface area contributed by atoms with Crippen LogP contribution in [0.25, 0.3) is 0 Å². The van der Waals surface area contributed by atoms with Crippen molar-refractivity contribution >= 4 is 28.8 Å². The molecule has 2 rings (SSSR count). The van der Waals surface area contributed by atoms with Crippen molar-refractivity contribution in [2.75, 3.05) is 6.54 Å². The maximum atomic E-state index is 12.6. The van der Waals surface area contributed by atoms with E-state index < -0.39 is 6.61 Å². The fraction of sp³-hybridized carbons (Fsp3) is 0.267. The molecule has 7 heteroatoms. The number of nitrogens with zero attached hydrogens (tertiary/aromatic N) is 1. The number of hydrogen-bond donors (Lipinski definition) is 0. The summed E-state index contributed by atoms with van der Waals surface area (Å²) in [7, 11) is 0. The SMILES string of the molecule is CCN(Cc1ccc(Cl)s1)C(=O)c1ccccc1OC(F)F. The van der Waals surface area contributed by atoms with Gasteiger partial charge < -0.3 is 9.64 Å². The molecular weight excluding hydrogens is 332 g/mol. The Bertz CT molecular complexity index is 648. The van der Waals surface area contributed by atoms with E-state index in [0.717, 1.165) is 4.88 Å². The molecule has 118 valence electrons. The average Bonchev–Trinajstić information content (AvgIpc) is 2.89. The molecule has 3 nitrogen and oxygen atoms in total. The van der Waals surface area contributed by atoms with Crippen LogP contribution in [0.2, 0.25) is 4.34 Å². The predicted octanol–water partition coefficient (Wildman–Crippen LogP) is 4.67. The predicted molar refractivity (Wildman–Crippen MR) is 82.8 cm³/mol. The first-order valence-electron chi connectivity index (χ1n) is 6.58. The third-order valence-electron chi connectivity index (χ3n) is 2.98. The van der Waals surface area contributed by atoms with Gasteiger partial charge >= 0.3 is 6.61 Å². The summed E-state index contributed by atoms with van der Waals surface area (Å²) in [6.45, 7) is -0.336. The lowest BCUT2D eigenvalue weighted by Gasteiger charge is -2.21. The zero-order valence-corrected chi connectivity index (χ0v) is 13.3. The first-order chi connectivity index (χ1) is 10.5. The monoisotopic (exact) mass is 345 g/mol. The van der Waals surface area contributed by atoms with Crippen molar-refractivity contribution in [2.24, 2.45) is 0 Å². The van der Waals surface area contributed by atoms with Gasteiger partial charge in [0.1, 0.15) is 5.75 Å². The number of ether oxygens (including phenoxy) is 1. The largest absolute Gasteiger partial charge is 0.434 e. The fourth-order valence-corrected chi connectivity index (χ4v) is 3.07. The van der Waals surface area contributed by atoms with Crippen LogP contribution in [0.3, 0.4) is 0 Å². The number of halogens is 3. The van der Waals surface area contributed by atoms with Crippen molar-refractivity contribution in [2.45, 2.75) is 20.1 Å². The van der Waals surface area contributed by atoms with Gasteiger partial charge in [-0.1, -0.05) is 23.7 Å². The Balaban J connectivity index is 2.21. The molecule has 1 aromatic heterocycles. The molecule has 1 heterocycles. The number of amides is 1. The van der Waals surface area contributed by atoms with E-state index in [0.29, 0.717) is 17.4 Å². The van der Waals surface area contributed by atoms with Gasteiger partial charge in [-0.25, -0.2) is 0 Å². The van der Waals surface area contributed by atoms with Crippen LogP contribution in [0.5, 0.6) is 5.75 Å². The molecular formula is C15H14ClF2NO2S. The summed E-state index contributed by atoms with van der Waals surface area (Å²) in [4.78, 5) is 15.0. The molecule has 0 fully saturated rings. The molecule has 0 unspecified atom stereocenters. The molecule has 0 radical (unpaired) electrons. The molecule has 1 amide bonds. The highest BCUT2D eigenvalue weighted by Crippen LogP contribution is 2.25. The minimum absolute atomic E-state index is 0.118. The minimum atomic E-state index is -2.97. The second kappa shape index (κ2) is 7.56. The number of rotatable bonds is 6. The normalized spacial score (nSPS) is 10.8. The topological polar surface area (TPSA) is 29.5 Å². The van der Waals surface area contributed by atoms with E-state index in [1.165, 1.54) is 23.5 Å². The second-order valence-corrected chi connectivity index (χ2v) is 6.20. The van der Waals surface area contributed by atoms with Crippen molar-refractivity contribution in [3.8, 4) is 5.75 Å². The summed E-state index contributed by atoms with van der Waals surface area (Å²) < 4.78 is 29.9. The van der Waals surface area contributed by atoms with Crippen LogP contribution in [0.15, 0.2) is 36.4 Å². The fourth-order valence-electron chi connectivity index (χ4n) is 1.96. The lowest BCUT2D eigenvalue weighted by atomic mass is 10.1. The Morgan fingerprint density at radius 3 is 2.64 bits per heavy atom. The highest BCUT2D eigenvalue weighted by atomic mass is 35.5. The van der Waals surface area contributed by atoms with E-state index in [1.807, 2.05) is 13.0 Å². The quantitative estimate of drug-likeness (QED) is 0.761. The Hall–Kier alpha value is -1.66. The summed E-state index contributed by atoms with van der Waals surface area (Å²) in [5.41, 5.74) is 0.118. The van der Waals surface area contributed by atoms with Crippen molar-refractivity contribution < 1.29 is 18.3 Å². The molecule has 0 aliphatic rings. The maximum absolute atomic E-state index is 12.6. The van der Waals surface area contributed by atoms with Crippen molar-refractivity contribution in [1.82, 2.24) is 4.90 Å². The van der Waals surface area contributed by atoms with Crippen LogP contribution in [-0.2, 0) is 6.54 Å². The first kappa shape index (κ1) is 16.7. The summed E-state index contributed by atoms with van der Waals surface area (Å²) >= 11 is 7.26. The smallest absolute Gasteiger partial charge is 0.387 e. The first-order valence-corrected chi connectivity index (χ1v) is 7.78. The van der Waals surface area contributed by atoms with E-state index >= 15 is 0 Å². The summed E-state index contributed by atoms with van der Waals surface area (Å²) in [6, 6.07) is 9.59. The van der Waals surface area contributed by atoms with E-state index in [1.54, 1.807) is 23.1 Å². The zero-order valence-electron chi connectivity index (χ0n) is 11.8. The van der Waals surface area contributed by atoms with Crippen LogP contribution in [0.1, 0.15) is 22.2 Å². The van der Waals surface area contributed by atoms with E-state index in [4.69, 9.17) is 11.6 Å². The summed E-state index contributed by atoms with van der Waals surface area (Å²) in [5.74, 6) is -0.478. The van der Waals surface area contributed by atoms with E-state index in [9.17, 15) is 13.6 Å². The van der Waals surface area contributed by atoms with Gasteiger partial charge in [-0.3, -0.25) is 4.79 Å². The molecule has 0 aliphatic heterocycles. The highest BCUT2D eigenvalue weighted by Gasteiger charge is 2.20. The molecule has 22 heavy (non-hydrogen) atoms. The highest BCUT2D eigenvalue weighted by molar-refractivity contribution is 7.16. The van der Waals surface area contributed by atoms with Crippen LogP contribution in [0.4, 0.5) is 8.78 Å². The molecule has 0 bridgehead atoms. The average molecular weight is 346 g/mol. The van der Waals surface area contributed by atoms with Gasteiger partial charge in [0.25, 0.3) is 5.91 Å². The number of para-hydroxylation sites is 1. The van der Waals surface area contributed by atoms with Crippen molar-refractivity contribution in [3.05, 3.63) is 51.2 Å². The Morgan fingerprint density at radius 1 is 1.32 bits per heavy atom. The lowest BCUT2D eigenvalue weighted by Crippen LogP contribution is -2.30. The number of hydrogen-bond acceptors (Lipinski definition) is 3. The van der Waals surface area contributed by atoms with Crippen molar-refractivity contribution in [3.63, 3.8) is 0 Å². The Labute approximate surface area is 136 Å². The minimum Gasteiger partial charge on any atom is -0.434 e. The number of benzene rings is 1. The van der Waals surface area contributed by atoms with Crippen LogP contribution >= 0.6 is 22.9 Å².